The normalized spacial score (nSPS) is 22.7. The fraction of sp³-hybridized carbons (Fsp3) is 0.400. The number of imide groups is 1. The maximum atomic E-state index is 12.2. The first-order chi connectivity index (χ1) is 9.37. The molecule has 0 aliphatic carbocycles. The van der Waals surface area contributed by atoms with Gasteiger partial charge in [-0.3, -0.25) is 4.79 Å². The summed E-state index contributed by atoms with van der Waals surface area (Å²) in [6.45, 7) is 7.55. The van der Waals surface area contributed by atoms with E-state index in [-0.39, 0.29) is 5.91 Å². The van der Waals surface area contributed by atoms with Crippen LogP contribution in [0.15, 0.2) is 23.3 Å². The molecular formula is C15H19N3O2. The number of nitrogens with zero attached hydrogens (tertiary/aromatic N) is 2. The second-order valence-electron chi connectivity index (χ2n) is 5.34. The minimum atomic E-state index is -0.850. The number of carbonyl (C=O) groups excluding carboxylic acids is 2. The number of urea groups is 1. The van der Waals surface area contributed by atoms with Crippen molar-refractivity contribution >= 4 is 18.2 Å². The molecule has 5 heteroatoms. The average Bonchev–Trinajstić information content (AvgIpc) is 2.61. The van der Waals surface area contributed by atoms with Crippen LogP contribution in [0.1, 0.15) is 37.0 Å². The van der Waals surface area contributed by atoms with Crippen molar-refractivity contribution in [1.82, 2.24) is 10.3 Å². The van der Waals surface area contributed by atoms with E-state index in [1.165, 1.54) is 0 Å². The fourth-order valence-electron chi connectivity index (χ4n) is 2.10. The molecule has 1 aliphatic heterocycles. The predicted molar refractivity (Wildman–Crippen MR) is 77.6 cm³/mol. The molecule has 106 valence electrons. The third kappa shape index (κ3) is 2.43. The zero-order valence-corrected chi connectivity index (χ0v) is 12.2. The second-order valence-corrected chi connectivity index (χ2v) is 5.34. The van der Waals surface area contributed by atoms with Crippen molar-refractivity contribution in [2.24, 2.45) is 5.10 Å². The Labute approximate surface area is 118 Å². The van der Waals surface area contributed by atoms with E-state index in [9.17, 15) is 9.59 Å². The molecule has 0 spiro atoms. The standard InChI is InChI=1S/C15H19N3O2/c1-5-15(4)13(19)18(14(20)17-15)16-9-12-7-6-10(2)8-11(12)3/h6-9H,5H2,1-4H3,(H,17,20). The smallest absolute Gasteiger partial charge is 0.322 e. The Hall–Kier alpha value is -2.17. The van der Waals surface area contributed by atoms with Crippen molar-refractivity contribution in [2.75, 3.05) is 0 Å². The molecule has 0 aromatic heterocycles. The van der Waals surface area contributed by atoms with E-state index in [4.69, 9.17) is 0 Å². The molecule has 0 radical (unpaired) electrons. The SMILES string of the molecule is CCC1(C)NC(=O)N(N=Cc2ccc(C)cc2C)C1=O. The molecule has 3 amide bonds. The molecule has 0 saturated carbocycles. The Morgan fingerprint density at radius 1 is 1.35 bits per heavy atom. The van der Waals surface area contributed by atoms with E-state index in [0.29, 0.717) is 6.42 Å². The highest BCUT2D eigenvalue weighted by atomic mass is 16.2. The van der Waals surface area contributed by atoms with Crippen molar-refractivity contribution in [1.29, 1.82) is 0 Å². The van der Waals surface area contributed by atoms with E-state index in [2.05, 4.69) is 10.4 Å². The summed E-state index contributed by atoms with van der Waals surface area (Å²) < 4.78 is 0. The molecule has 1 N–H and O–H groups in total. The van der Waals surface area contributed by atoms with Gasteiger partial charge in [0, 0.05) is 0 Å². The van der Waals surface area contributed by atoms with Gasteiger partial charge in [0.1, 0.15) is 5.54 Å². The molecule has 1 saturated heterocycles. The number of hydrogen-bond donors (Lipinski definition) is 1. The highest BCUT2D eigenvalue weighted by Gasteiger charge is 2.46. The minimum absolute atomic E-state index is 0.314. The monoisotopic (exact) mass is 273 g/mol. The molecule has 1 unspecified atom stereocenters. The molecule has 1 aliphatic rings. The molecular weight excluding hydrogens is 254 g/mol. The quantitative estimate of drug-likeness (QED) is 0.679. The minimum Gasteiger partial charge on any atom is -0.322 e. The van der Waals surface area contributed by atoms with Crippen LogP contribution in [-0.4, -0.2) is 28.7 Å². The van der Waals surface area contributed by atoms with Gasteiger partial charge in [-0.2, -0.15) is 5.10 Å². The first-order valence-electron chi connectivity index (χ1n) is 6.65. The number of benzene rings is 1. The van der Waals surface area contributed by atoms with Crippen LogP contribution in [0.5, 0.6) is 0 Å². The number of carbonyl (C=O) groups is 2. The Morgan fingerprint density at radius 3 is 2.60 bits per heavy atom. The molecule has 1 heterocycles. The molecule has 2 rings (SSSR count). The van der Waals surface area contributed by atoms with Crippen LogP contribution in [0.2, 0.25) is 0 Å². The first kappa shape index (κ1) is 14.2. The summed E-state index contributed by atoms with van der Waals surface area (Å²) in [5, 5.41) is 7.61. The summed E-state index contributed by atoms with van der Waals surface area (Å²) in [6, 6.07) is 5.45. The van der Waals surface area contributed by atoms with Crippen LogP contribution in [-0.2, 0) is 4.79 Å². The van der Waals surface area contributed by atoms with Gasteiger partial charge < -0.3 is 5.32 Å². The van der Waals surface area contributed by atoms with Gasteiger partial charge in [0.15, 0.2) is 0 Å². The number of aryl methyl sites for hydroxylation is 2. The maximum absolute atomic E-state index is 12.2. The van der Waals surface area contributed by atoms with Gasteiger partial charge in [-0.05, 0) is 38.3 Å². The maximum Gasteiger partial charge on any atom is 0.346 e. The molecule has 20 heavy (non-hydrogen) atoms. The molecule has 1 fully saturated rings. The Bertz CT molecular complexity index is 595. The number of rotatable bonds is 3. The van der Waals surface area contributed by atoms with Crippen LogP contribution in [0, 0.1) is 13.8 Å². The lowest BCUT2D eigenvalue weighted by Gasteiger charge is -2.17. The van der Waals surface area contributed by atoms with Gasteiger partial charge in [0.05, 0.1) is 6.21 Å². The zero-order chi connectivity index (χ0) is 14.9. The topological polar surface area (TPSA) is 61.8 Å². The van der Waals surface area contributed by atoms with Crippen LogP contribution >= 0.6 is 0 Å². The third-order valence-corrected chi connectivity index (χ3v) is 3.68. The molecule has 1 aromatic rings. The highest BCUT2D eigenvalue weighted by molar-refractivity contribution is 6.07. The Balaban J connectivity index is 2.24. The van der Waals surface area contributed by atoms with E-state index >= 15 is 0 Å². The Morgan fingerprint density at radius 2 is 2.05 bits per heavy atom. The van der Waals surface area contributed by atoms with E-state index in [1.54, 1.807) is 13.1 Å². The molecule has 1 atom stereocenters. The number of nitrogens with one attached hydrogen (secondary N) is 1. The van der Waals surface area contributed by atoms with Crippen LogP contribution < -0.4 is 5.32 Å². The number of amides is 3. The summed E-state index contributed by atoms with van der Waals surface area (Å²) in [4.78, 5) is 24.0. The lowest BCUT2D eigenvalue weighted by atomic mass is 10.00. The van der Waals surface area contributed by atoms with Gasteiger partial charge in [0.25, 0.3) is 5.91 Å². The summed E-state index contributed by atoms with van der Waals surface area (Å²) in [5.74, 6) is -0.314. The van der Waals surface area contributed by atoms with Crippen LogP contribution in [0.3, 0.4) is 0 Å². The first-order valence-corrected chi connectivity index (χ1v) is 6.65. The predicted octanol–water partition coefficient (Wildman–Crippen LogP) is 2.36. The van der Waals surface area contributed by atoms with Crippen molar-refractivity contribution in [3.05, 3.63) is 34.9 Å². The second kappa shape index (κ2) is 5.07. The van der Waals surface area contributed by atoms with Crippen molar-refractivity contribution in [3.63, 3.8) is 0 Å². The summed E-state index contributed by atoms with van der Waals surface area (Å²) in [5.41, 5.74) is 2.25. The molecule has 1 aromatic carbocycles. The number of hydrogen-bond acceptors (Lipinski definition) is 3. The van der Waals surface area contributed by atoms with Gasteiger partial charge in [0.2, 0.25) is 0 Å². The van der Waals surface area contributed by atoms with E-state index in [0.717, 1.165) is 21.7 Å². The van der Waals surface area contributed by atoms with Crippen molar-refractivity contribution in [3.8, 4) is 0 Å². The summed E-state index contributed by atoms with van der Waals surface area (Å²) in [7, 11) is 0. The molecule has 0 bridgehead atoms. The Kier molecular flexibility index (Phi) is 3.61. The molecule has 5 nitrogen and oxygen atoms in total. The van der Waals surface area contributed by atoms with E-state index in [1.807, 2.05) is 39.0 Å². The van der Waals surface area contributed by atoms with Crippen LogP contribution in [0.4, 0.5) is 4.79 Å². The van der Waals surface area contributed by atoms with Gasteiger partial charge in [-0.1, -0.05) is 30.7 Å². The zero-order valence-electron chi connectivity index (χ0n) is 12.2. The van der Waals surface area contributed by atoms with Gasteiger partial charge in [-0.15, -0.1) is 5.01 Å². The fourth-order valence-corrected chi connectivity index (χ4v) is 2.10. The lowest BCUT2D eigenvalue weighted by Crippen LogP contribution is -2.42. The summed E-state index contributed by atoms with van der Waals surface area (Å²) in [6.07, 6.45) is 2.08. The van der Waals surface area contributed by atoms with Gasteiger partial charge in [-0.25, -0.2) is 4.79 Å². The van der Waals surface area contributed by atoms with Crippen LogP contribution in [0.25, 0.3) is 0 Å². The average molecular weight is 273 g/mol. The third-order valence-electron chi connectivity index (χ3n) is 3.68. The highest BCUT2D eigenvalue weighted by Crippen LogP contribution is 2.21. The number of hydrazone groups is 1. The van der Waals surface area contributed by atoms with Crippen molar-refractivity contribution < 1.29 is 9.59 Å². The lowest BCUT2D eigenvalue weighted by molar-refractivity contribution is -0.130. The summed E-state index contributed by atoms with van der Waals surface area (Å²) >= 11 is 0. The van der Waals surface area contributed by atoms with Gasteiger partial charge >= 0.3 is 6.03 Å². The van der Waals surface area contributed by atoms with Crippen molar-refractivity contribution in [2.45, 2.75) is 39.7 Å². The van der Waals surface area contributed by atoms with E-state index < -0.39 is 11.6 Å². The largest absolute Gasteiger partial charge is 0.346 e.